The summed E-state index contributed by atoms with van der Waals surface area (Å²) in [7, 11) is -3.82. The second-order valence-corrected chi connectivity index (χ2v) is 12.4. The van der Waals surface area contributed by atoms with Crippen LogP contribution in [-0.2, 0) is 21.1 Å². The highest BCUT2D eigenvalue weighted by Crippen LogP contribution is 2.27. The van der Waals surface area contributed by atoms with Crippen molar-refractivity contribution in [2.45, 2.75) is 10.6 Å². The van der Waals surface area contributed by atoms with Crippen molar-refractivity contribution >= 4 is 70.9 Å². The van der Waals surface area contributed by atoms with Gasteiger partial charge in [-0.05, 0) is 53.4 Å². The lowest BCUT2D eigenvalue weighted by Crippen LogP contribution is -2.19. The molecule has 3 aromatic heterocycles. The number of rotatable bonds is 6. The van der Waals surface area contributed by atoms with Gasteiger partial charge in [0.1, 0.15) is 15.8 Å². The smallest absolute Gasteiger partial charge is 0.263 e. The van der Waals surface area contributed by atoms with Crippen LogP contribution in [0.5, 0.6) is 0 Å². The number of pyridine rings is 1. The molecule has 11 heteroatoms. The Labute approximate surface area is 205 Å². The Morgan fingerprint density at radius 3 is 2.68 bits per heavy atom. The summed E-state index contributed by atoms with van der Waals surface area (Å²) >= 11 is 8.07. The maximum absolute atomic E-state index is 15.0. The molecule has 0 saturated carbocycles. The van der Waals surface area contributed by atoms with Gasteiger partial charge in [0.15, 0.2) is 15.6 Å². The Morgan fingerprint density at radius 2 is 1.94 bits per heavy atom. The van der Waals surface area contributed by atoms with Crippen molar-refractivity contribution in [1.82, 2.24) is 9.55 Å². The number of halogens is 2. The number of carbonyl (C=O) groups excluding carboxylic acids is 1. The standard InChI is InChI=1S/C23H14ClFN2O4S3/c24-21-3-4-22(33-21)34(30,31)11-15(28)7-13-1-2-19(17(25)8-13)27-6-5-14-9-18-20(32-12-26-18)10-16(14)23(27)29/h1-6,8-10,12H,7,11H2. The van der Waals surface area contributed by atoms with E-state index in [2.05, 4.69) is 4.98 Å². The molecule has 0 saturated heterocycles. The van der Waals surface area contributed by atoms with Gasteiger partial charge in [-0.1, -0.05) is 17.7 Å². The highest BCUT2D eigenvalue weighted by atomic mass is 35.5. The Bertz CT molecular complexity index is 1760. The zero-order valence-electron chi connectivity index (χ0n) is 17.2. The number of carbonyl (C=O) groups is 1. The number of hydrogen-bond donors (Lipinski definition) is 0. The van der Waals surface area contributed by atoms with Gasteiger partial charge in [0, 0.05) is 18.0 Å². The molecular formula is C23H14ClFN2O4S3. The van der Waals surface area contributed by atoms with Crippen molar-refractivity contribution in [1.29, 1.82) is 0 Å². The third-order valence-corrected chi connectivity index (χ3v) is 9.51. The van der Waals surface area contributed by atoms with Gasteiger partial charge in [0.05, 0.1) is 25.8 Å². The first-order valence-corrected chi connectivity index (χ1v) is 13.6. The van der Waals surface area contributed by atoms with Gasteiger partial charge < -0.3 is 0 Å². The molecular weight excluding hydrogens is 519 g/mol. The zero-order valence-corrected chi connectivity index (χ0v) is 20.4. The predicted octanol–water partition coefficient (Wildman–Crippen LogP) is 5.04. The third kappa shape index (κ3) is 4.29. The van der Waals surface area contributed by atoms with E-state index in [1.165, 1.54) is 46.4 Å². The highest BCUT2D eigenvalue weighted by molar-refractivity contribution is 7.94. The fourth-order valence-corrected chi connectivity index (χ4v) is 7.18. The minimum Gasteiger partial charge on any atom is -0.298 e. The molecule has 172 valence electrons. The average molecular weight is 533 g/mol. The molecule has 0 radical (unpaired) electrons. The quantitative estimate of drug-likeness (QED) is 0.306. The van der Waals surface area contributed by atoms with Crippen LogP contribution in [0.4, 0.5) is 4.39 Å². The molecule has 34 heavy (non-hydrogen) atoms. The maximum Gasteiger partial charge on any atom is 0.263 e. The van der Waals surface area contributed by atoms with Gasteiger partial charge in [-0.15, -0.1) is 22.7 Å². The van der Waals surface area contributed by atoms with E-state index in [4.69, 9.17) is 11.6 Å². The zero-order chi connectivity index (χ0) is 24.0. The van der Waals surface area contributed by atoms with E-state index in [1.54, 1.807) is 17.6 Å². The second-order valence-electron chi connectivity index (χ2n) is 7.57. The maximum atomic E-state index is 15.0. The first-order valence-electron chi connectivity index (χ1n) is 9.88. The molecule has 0 aliphatic rings. The summed E-state index contributed by atoms with van der Waals surface area (Å²) in [5.74, 6) is -1.98. The van der Waals surface area contributed by atoms with Crippen LogP contribution in [-0.4, -0.2) is 29.5 Å². The molecule has 0 unspecified atom stereocenters. The van der Waals surface area contributed by atoms with E-state index in [0.29, 0.717) is 20.7 Å². The Kier molecular flexibility index (Phi) is 5.85. The lowest BCUT2D eigenvalue weighted by molar-refractivity contribution is -0.116. The van der Waals surface area contributed by atoms with E-state index in [-0.39, 0.29) is 21.9 Å². The van der Waals surface area contributed by atoms with E-state index < -0.39 is 27.2 Å². The van der Waals surface area contributed by atoms with Gasteiger partial charge in [-0.3, -0.25) is 14.2 Å². The molecule has 6 nitrogen and oxygen atoms in total. The van der Waals surface area contributed by atoms with Crippen LogP contribution in [0.3, 0.4) is 0 Å². The summed E-state index contributed by atoms with van der Waals surface area (Å²) in [5, 5.41) is 1.15. The van der Waals surface area contributed by atoms with Crippen molar-refractivity contribution in [2.75, 3.05) is 5.75 Å². The van der Waals surface area contributed by atoms with Crippen molar-refractivity contribution < 1.29 is 17.6 Å². The molecule has 0 aliphatic carbocycles. The van der Waals surface area contributed by atoms with Crippen LogP contribution in [0.15, 0.2) is 69.2 Å². The van der Waals surface area contributed by atoms with Gasteiger partial charge in [-0.2, -0.15) is 0 Å². The minimum absolute atomic E-state index is 0.0127. The first kappa shape index (κ1) is 22.9. The number of sulfone groups is 1. The highest BCUT2D eigenvalue weighted by Gasteiger charge is 2.22. The summed E-state index contributed by atoms with van der Waals surface area (Å²) in [4.78, 5) is 29.7. The molecule has 0 bridgehead atoms. The summed E-state index contributed by atoms with van der Waals surface area (Å²) in [5.41, 5.74) is 2.46. The van der Waals surface area contributed by atoms with Crippen LogP contribution >= 0.6 is 34.3 Å². The van der Waals surface area contributed by atoms with E-state index in [0.717, 1.165) is 27.6 Å². The summed E-state index contributed by atoms with van der Waals surface area (Å²) in [6.07, 6.45) is 1.23. The van der Waals surface area contributed by atoms with Crippen LogP contribution in [0.1, 0.15) is 5.56 Å². The largest absolute Gasteiger partial charge is 0.298 e. The Hall–Kier alpha value is -2.92. The molecule has 0 fully saturated rings. The third-order valence-electron chi connectivity index (χ3n) is 5.23. The summed E-state index contributed by atoms with van der Waals surface area (Å²) in [6.45, 7) is 0. The number of thiophene rings is 1. The van der Waals surface area contributed by atoms with E-state index in [1.807, 2.05) is 6.07 Å². The van der Waals surface area contributed by atoms with Crippen LogP contribution in [0.2, 0.25) is 4.34 Å². The van der Waals surface area contributed by atoms with Gasteiger partial charge in [0.2, 0.25) is 0 Å². The number of thiazole rings is 1. The van der Waals surface area contributed by atoms with Crippen molar-refractivity contribution in [3.05, 3.63) is 86.3 Å². The number of aromatic nitrogens is 2. The molecule has 5 aromatic rings. The van der Waals surface area contributed by atoms with E-state index in [9.17, 15) is 22.4 Å². The SMILES string of the molecule is O=C(Cc1ccc(-n2ccc3cc4ncsc4cc3c2=O)c(F)c1)CS(=O)(=O)c1ccc(Cl)s1. The van der Waals surface area contributed by atoms with Crippen LogP contribution in [0, 0.1) is 5.82 Å². The molecule has 0 aliphatic heterocycles. The van der Waals surface area contributed by atoms with Crippen molar-refractivity contribution in [3.8, 4) is 5.69 Å². The number of hydrogen-bond acceptors (Lipinski definition) is 7. The normalized spacial score (nSPS) is 11.9. The number of nitrogens with zero attached hydrogens (tertiary/aromatic N) is 2. The van der Waals surface area contributed by atoms with Gasteiger partial charge in [-0.25, -0.2) is 17.8 Å². The monoisotopic (exact) mass is 532 g/mol. The molecule has 5 rings (SSSR count). The molecule has 0 amide bonds. The van der Waals surface area contributed by atoms with Gasteiger partial charge in [0.25, 0.3) is 5.56 Å². The average Bonchev–Trinajstić information content (AvgIpc) is 3.42. The minimum atomic E-state index is -3.82. The second kappa shape index (κ2) is 8.70. The number of benzene rings is 2. The number of ketones is 1. The number of fused-ring (bicyclic) bond motifs is 2. The molecule has 0 spiro atoms. The van der Waals surface area contributed by atoms with Crippen molar-refractivity contribution in [2.24, 2.45) is 0 Å². The summed E-state index contributed by atoms with van der Waals surface area (Å²) < 4.78 is 42.1. The molecule has 2 aromatic carbocycles. The molecule has 0 N–H and O–H groups in total. The Balaban J connectivity index is 1.41. The van der Waals surface area contributed by atoms with Gasteiger partial charge >= 0.3 is 0 Å². The fraction of sp³-hybridized carbons (Fsp3) is 0.0870. The van der Waals surface area contributed by atoms with Crippen molar-refractivity contribution in [3.63, 3.8) is 0 Å². The summed E-state index contributed by atoms with van der Waals surface area (Å²) in [6, 6.07) is 12.1. The molecule has 3 heterocycles. The van der Waals surface area contributed by atoms with Crippen LogP contribution in [0.25, 0.3) is 26.7 Å². The Morgan fingerprint density at radius 1 is 1.12 bits per heavy atom. The molecule has 0 atom stereocenters. The number of Topliss-reactive ketones (excluding diaryl/α,β-unsaturated/α-hetero) is 1. The fourth-order valence-electron chi connectivity index (χ4n) is 3.67. The predicted molar refractivity (Wildman–Crippen MR) is 133 cm³/mol. The lowest BCUT2D eigenvalue weighted by atomic mass is 10.1. The van der Waals surface area contributed by atoms with Crippen LogP contribution < -0.4 is 5.56 Å². The topological polar surface area (TPSA) is 86.1 Å². The lowest BCUT2D eigenvalue weighted by Gasteiger charge is -2.10. The first-order chi connectivity index (χ1) is 16.2. The van der Waals surface area contributed by atoms with E-state index >= 15 is 0 Å².